The highest BCUT2D eigenvalue weighted by Crippen LogP contribution is 2.21. The third kappa shape index (κ3) is 3.03. The molecule has 0 saturated heterocycles. The van der Waals surface area contributed by atoms with Crippen molar-refractivity contribution in [2.24, 2.45) is 5.73 Å². The summed E-state index contributed by atoms with van der Waals surface area (Å²) in [7, 11) is 1.76. The van der Waals surface area contributed by atoms with E-state index < -0.39 is 5.91 Å². The lowest BCUT2D eigenvalue weighted by atomic mass is 10.1. The van der Waals surface area contributed by atoms with E-state index in [-0.39, 0.29) is 6.04 Å². The molecule has 0 spiro atoms. The van der Waals surface area contributed by atoms with Gasteiger partial charge in [-0.15, -0.1) is 0 Å². The van der Waals surface area contributed by atoms with Crippen molar-refractivity contribution in [3.05, 3.63) is 47.8 Å². The Morgan fingerprint density at radius 1 is 1.30 bits per heavy atom. The quantitative estimate of drug-likeness (QED) is 0.771. The lowest BCUT2D eigenvalue weighted by Crippen LogP contribution is -2.16. The maximum Gasteiger partial charge on any atom is 0.250 e. The monoisotopic (exact) mass is 271 g/mol. The van der Waals surface area contributed by atoms with E-state index in [1.165, 1.54) is 0 Å². The number of aromatic nitrogens is 2. The van der Waals surface area contributed by atoms with Crippen LogP contribution in [0.1, 0.15) is 29.0 Å². The van der Waals surface area contributed by atoms with Crippen molar-refractivity contribution in [3.63, 3.8) is 0 Å². The smallest absolute Gasteiger partial charge is 0.250 e. The lowest BCUT2D eigenvalue weighted by molar-refractivity contribution is 0.100. The van der Waals surface area contributed by atoms with Crippen LogP contribution < -0.4 is 16.4 Å². The number of hydrogen-bond donors (Lipinski definition) is 3. The maximum atomic E-state index is 11.4. The van der Waals surface area contributed by atoms with Gasteiger partial charge in [0, 0.05) is 18.9 Å². The summed E-state index contributed by atoms with van der Waals surface area (Å²) >= 11 is 0. The van der Waals surface area contributed by atoms with Crippen LogP contribution in [0.4, 0.5) is 11.6 Å². The van der Waals surface area contributed by atoms with Crippen LogP contribution in [0, 0.1) is 0 Å². The molecule has 0 radical (unpaired) electrons. The third-order valence-corrected chi connectivity index (χ3v) is 2.91. The number of carbonyl (C=O) groups is 1. The van der Waals surface area contributed by atoms with Gasteiger partial charge >= 0.3 is 0 Å². The molecule has 104 valence electrons. The topological polar surface area (TPSA) is 92.9 Å². The number of amides is 1. The largest absolute Gasteiger partial charge is 0.376 e. The fraction of sp³-hybridized carbons (Fsp3) is 0.214. The fourth-order valence-electron chi connectivity index (χ4n) is 1.87. The minimum Gasteiger partial charge on any atom is -0.376 e. The van der Waals surface area contributed by atoms with E-state index >= 15 is 0 Å². The van der Waals surface area contributed by atoms with Crippen LogP contribution in [0.5, 0.6) is 0 Å². The van der Waals surface area contributed by atoms with E-state index in [4.69, 9.17) is 5.73 Å². The molecule has 6 heteroatoms. The Bertz CT molecular complexity index is 614. The van der Waals surface area contributed by atoms with E-state index in [0.29, 0.717) is 17.2 Å². The molecule has 0 aliphatic carbocycles. The zero-order valence-electron chi connectivity index (χ0n) is 11.4. The molecule has 2 aromatic rings. The number of benzene rings is 1. The Morgan fingerprint density at radius 3 is 2.75 bits per heavy atom. The summed E-state index contributed by atoms with van der Waals surface area (Å²) in [6, 6.07) is 8.88. The molecular weight excluding hydrogens is 254 g/mol. The second-order valence-corrected chi connectivity index (χ2v) is 4.33. The standard InChI is InChI=1S/C14H17N5O/c1-9(11-7-8-17-14(16-2)19-11)18-12-6-4-3-5-10(12)13(15)20/h3-9,18H,1-2H3,(H2,15,20)(H,16,17,19). The molecule has 0 aliphatic rings. The number of anilines is 2. The summed E-state index contributed by atoms with van der Waals surface area (Å²) in [6.45, 7) is 1.96. The number of hydrogen-bond acceptors (Lipinski definition) is 5. The minimum absolute atomic E-state index is 0.0781. The van der Waals surface area contributed by atoms with Crippen molar-refractivity contribution in [3.8, 4) is 0 Å². The second kappa shape index (κ2) is 6.01. The first-order valence-corrected chi connectivity index (χ1v) is 6.28. The zero-order chi connectivity index (χ0) is 14.5. The predicted molar refractivity (Wildman–Crippen MR) is 78.6 cm³/mol. The van der Waals surface area contributed by atoms with Crippen molar-refractivity contribution in [2.45, 2.75) is 13.0 Å². The van der Waals surface area contributed by atoms with E-state index in [0.717, 1.165) is 5.69 Å². The third-order valence-electron chi connectivity index (χ3n) is 2.91. The Kier molecular flexibility index (Phi) is 4.14. The summed E-state index contributed by atoms with van der Waals surface area (Å²) in [6.07, 6.45) is 1.69. The van der Waals surface area contributed by atoms with Gasteiger partial charge < -0.3 is 16.4 Å². The fourth-order valence-corrected chi connectivity index (χ4v) is 1.87. The summed E-state index contributed by atoms with van der Waals surface area (Å²) in [4.78, 5) is 19.8. The molecule has 0 saturated carbocycles. The van der Waals surface area contributed by atoms with Crippen LogP contribution in [-0.2, 0) is 0 Å². The number of carbonyl (C=O) groups excluding carboxylic acids is 1. The normalized spacial score (nSPS) is 11.7. The summed E-state index contributed by atoms with van der Waals surface area (Å²) in [5, 5.41) is 6.13. The first kappa shape index (κ1) is 13.8. The molecule has 1 atom stereocenters. The molecule has 0 aliphatic heterocycles. The number of rotatable bonds is 5. The van der Waals surface area contributed by atoms with E-state index in [1.807, 2.05) is 25.1 Å². The number of nitrogens with one attached hydrogen (secondary N) is 2. The van der Waals surface area contributed by atoms with E-state index in [1.54, 1.807) is 25.4 Å². The van der Waals surface area contributed by atoms with E-state index in [2.05, 4.69) is 20.6 Å². The summed E-state index contributed by atoms with van der Waals surface area (Å²) in [5.41, 5.74) is 7.34. The van der Waals surface area contributed by atoms with Crippen LogP contribution in [0.15, 0.2) is 36.5 Å². The van der Waals surface area contributed by atoms with Gasteiger partial charge in [0.1, 0.15) is 0 Å². The molecule has 1 heterocycles. The van der Waals surface area contributed by atoms with Crippen molar-refractivity contribution in [2.75, 3.05) is 17.7 Å². The highest BCUT2D eigenvalue weighted by molar-refractivity contribution is 5.98. The Hall–Kier alpha value is -2.63. The maximum absolute atomic E-state index is 11.4. The molecular formula is C14H17N5O. The van der Waals surface area contributed by atoms with Gasteiger partial charge in [0.25, 0.3) is 5.91 Å². The van der Waals surface area contributed by atoms with Crippen molar-refractivity contribution < 1.29 is 4.79 Å². The molecule has 4 N–H and O–H groups in total. The van der Waals surface area contributed by atoms with Gasteiger partial charge in [0.15, 0.2) is 0 Å². The Morgan fingerprint density at radius 2 is 2.05 bits per heavy atom. The summed E-state index contributed by atoms with van der Waals surface area (Å²) in [5.74, 6) is 0.0956. The summed E-state index contributed by atoms with van der Waals surface area (Å²) < 4.78 is 0. The molecule has 1 aromatic heterocycles. The molecule has 1 aromatic carbocycles. The molecule has 0 bridgehead atoms. The highest BCUT2D eigenvalue weighted by atomic mass is 16.1. The number of primary amides is 1. The van der Waals surface area contributed by atoms with Gasteiger partial charge in [-0.1, -0.05) is 12.1 Å². The molecule has 0 fully saturated rings. The molecule has 1 amide bonds. The lowest BCUT2D eigenvalue weighted by Gasteiger charge is -2.17. The minimum atomic E-state index is -0.459. The molecule has 2 rings (SSSR count). The van der Waals surface area contributed by atoms with Crippen LogP contribution in [0.2, 0.25) is 0 Å². The Balaban J connectivity index is 2.23. The molecule has 20 heavy (non-hydrogen) atoms. The van der Waals surface area contributed by atoms with Crippen LogP contribution in [0.3, 0.4) is 0 Å². The predicted octanol–water partition coefficient (Wildman–Crippen LogP) is 1.79. The molecule has 6 nitrogen and oxygen atoms in total. The highest BCUT2D eigenvalue weighted by Gasteiger charge is 2.12. The van der Waals surface area contributed by atoms with Gasteiger partial charge in [-0.3, -0.25) is 4.79 Å². The second-order valence-electron chi connectivity index (χ2n) is 4.33. The molecule has 1 unspecified atom stereocenters. The average Bonchev–Trinajstić information content (AvgIpc) is 2.47. The SMILES string of the molecule is CNc1nccc(C(C)Nc2ccccc2C(N)=O)n1. The van der Waals surface area contributed by atoms with Crippen molar-refractivity contribution >= 4 is 17.5 Å². The van der Waals surface area contributed by atoms with Crippen LogP contribution >= 0.6 is 0 Å². The van der Waals surface area contributed by atoms with Crippen LogP contribution in [-0.4, -0.2) is 22.9 Å². The van der Waals surface area contributed by atoms with Crippen molar-refractivity contribution in [1.82, 2.24) is 9.97 Å². The van der Waals surface area contributed by atoms with Gasteiger partial charge in [-0.2, -0.15) is 0 Å². The number of nitrogens with zero attached hydrogens (tertiary/aromatic N) is 2. The van der Waals surface area contributed by atoms with E-state index in [9.17, 15) is 4.79 Å². The van der Waals surface area contributed by atoms with Crippen LogP contribution in [0.25, 0.3) is 0 Å². The number of para-hydroxylation sites is 1. The first-order chi connectivity index (χ1) is 9.61. The van der Waals surface area contributed by atoms with Crippen molar-refractivity contribution in [1.29, 1.82) is 0 Å². The first-order valence-electron chi connectivity index (χ1n) is 6.28. The van der Waals surface area contributed by atoms with Gasteiger partial charge in [0.2, 0.25) is 5.95 Å². The van der Waals surface area contributed by atoms with Gasteiger partial charge in [0.05, 0.1) is 17.3 Å². The zero-order valence-corrected chi connectivity index (χ0v) is 11.4. The average molecular weight is 271 g/mol. The van der Waals surface area contributed by atoms with Gasteiger partial charge in [-0.25, -0.2) is 9.97 Å². The van der Waals surface area contributed by atoms with Gasteiger partial charge in [-0.05, 0) is 25.1 Å². The number of nitrogens with two attached hydrogens (primary N) is 1. The Labute approximate surface area is 117 Å².